The maximum atomic E-state index is 14.9. The Morgan fingerprint density at radius 2 is 1.28 bits per heavy atom. The van der Waals surface area contributed by atoms with Crippen LogP contribution in [0.25, 0.3) is 22.3 Å². The largest absolute Gasteiger partial charge is 0.417 e. The molecule has 0 bridgehead atoms. The first-order chi connectivity index (χ1) is 15.4. The summed E-state index contributed by atoms with van der Waals surface area (Å²) in [6, 6.07) is 29.1. The number of ether oxygens (including phenoxy) is 1. The van der Waals surface area contributed by atoms with E-state index in [0.29, 0.717) is 22.3 Å². The zero-order valence-electron chi connectivity index (χ0n) is 17.5. The van der Waals surface area contributed by atoms with Crippen LogP contribution in [0.3, 0.4) is 0 Å². The van der Waals surface area contributed by atoms with Crippen molar-refractivity contribution < 1.29 is 17.9 Å². The van der Waals surface area contributed by atoms with Crippen LogP contribution < -0.4 is 0 Å². The molecule has 0 saturated carbocycles. The Bertz CT molecular complexity index is 1250. The van der Waals surface area contributed by atoms with Gasteiger partial charge in [0.15, 0.2) is 0 Å². The third kappa shape index (κ3) is 3.32. The molecule has 160 valence electrons. The maximum absolute atomic E-state index is 14.9. The van der Waals surface area contributed by atoms with Crippen molar-refractivity contribution in [2.24, 2.45) is 0 Å². The molecule has 1 atom stereocenters. The van der Waals surface area contributed by atoms with Crippen LogP contribution >= 0.6 is 0 Å². The Kier molecular flexibility index (Phi) is 4.90. The van der Waals surface area contributed by atoms with Gasteiger partial charge in [0.1, 0.15) is 5.60 Å². The Balaban J connectivity index is 1.91. The van der Waals surface area contributed by atoms with Gasteiger partial charge in [-0.2, -0.15) is 13.2 Å². The fourth-order valence-electron chi connectivity index (χ4n) is 4.71. The van der Waals surface area contributed by atoms with E-state index in [9.17, 15) is 13.2 Å². The van der Waals surface area contributed by atoms with Crippen molar-refractivity contribution in [2.45, 2.75) is 25.3 Å². The first-order valence-corrected chi connectivity index (χ1v) is 10.5. The van der Waals surface area contributed by atoms with Gasteiger partial charge in [-0.3, -0.25) is 0 Å². The second-order valence-electron chi connectivity index (χ2n) is 8.13. The van der Waals surface area contributed by atoms with Gasteiger partial charge >= 0.3 is 6.18 Å². The van der Waals surface area contributed by atoms with E-state index in [1.54, 1.807) is 31.2 Å². The average Bonchev–Trinajstić information content (AvgIpc) is 3.16. The third-order valence-corrected chi connectivity index (χ3v) is 6.16. The molecular weight excluding hydrogens is 409 g/mol. The van der Waals surface area contributed by atoms with Crippen molar-refractivity contribution in [3.63, 3.8) is 0 Å². The highest BCUT2D eigenvalue weighted by atomic mass is 19.4. The van der Waals surface area contributed by atoms with Gasteiger partial charge in [0, 0.05) is 11.1 Å². The monoisotopic (exact) mass is 430 g/mol. The van der Waals surface area contributed by atoms with Crippen LogP contribution in [0.2, 0.25) is 0 Å². The van der Waals surface area contributed by atoms with Gasteiger partial charge in [-0.25, -0.2) is 0 Å². The van der Waals surface area contributed by atoms with Gasteiger partial charge in [-0.1, -0.05) is 91.0 Å². The summed E-state index contributed by atoms with van der Waals surface area (Å²) in [5.74, 6) is 0. The average molecular weight is 430 g/mol. The van der Waals surface area contributed by atoms with Crippen molar-refractivity contribution in [1.82, 2.24) is 0 Å². The summed E-state index contributed by atoms with van der Waals surface area (Å²) in [7, 11) is 0. The number of benzene rings is 4. The van der Waals surface area contributed by atoms with Crippen LogP contribution in [-0.4, -0.2) is 0 Å². The predicted octanol–water partition coefficient (Wildman–Crippen LogP) is 7.83. The number of fused-ring (bicyclic) bond motifs is 1. The maximum Gasteiger partial charge on any atom is 0.417 e. The Labute approximate surface area is 185 Å². The standard InChI is InChI=1S/C28H21F3O/c1-27(22-15-9-4-10-16-22)25-21(18-32-27)17-23(19-11-5-2-6-12-19)24(26(25)28(29,30)31)20-13-7-3-8-14-20/h2-17H,18H2,1H3. The van der Waals surface area contributed by atoms with E-state index in [1.165, 1.54) is 0 Å². The smallest absolute Gasteiger partial charge is 0.361 e. The lowest BCUT2D eigenvalue weighted by Gasteiger charge is -2.30. The summed E-state index contributed by atoms with van der Waals surface area (Å²) in [6.07, 6.45) is -4.57. The van der Waals surface area contributed by atoms with Crippen LogP contribution in [0.4, 0.5) is 13.2 Å². The summed E-state index contributed by atoms with van der Waals surface area (Å²) in [5, 5.41) is 0. The second-order valence-corrected chi connectivity index (χ2v) is 8.13. The first kappa shape index (κ1) is 20.5. The lowest BCUT2D eigenvalue weighted by Crippen LogP contribution is -2.27. The van der Waals surface area contributed by atoms with Crippen LogP contribution in [-0.2, 0) is 23.1 Å². The first-order valence-electron chi connectivity index (χ1n) is 10.5. The molecule has 32 heavy (non-hydrogen) atoms. The molecule has 4 aromatic carbocycles. The quantitative estimate of drug-likeness (QED) is 0.322. The summed E-state index contributed by atoms with van der Waals surface area (Å²) in [6.45, 7) is 1.86. The summed E-state index contributed by atoms with van der Waals surface area (Å²) in [4.78, 5) is 0. The molecule has 1 heterocycles. The fourth-order valence-corrected chi connectivity index (χ4v) is 4.71. The Hall–Kier alpha value is -3.37. The molecule has 1 nitrogen and oxygen atoms in total. The number of hydrogen-bond acceptors (Lipinski definition) is 1. The highest BCUT2D eigenvalue weighted by Crippen LogP contribution is 2.53. The minimum atomic E-state index is -4.57. The normalized spacial score (nSPS) is 17.9. The summed E-state index contributed by atoms with van der Waals surface area (Å²) < 4.78 is 50.8. The molecule has 5 rings (SSSR count). The number of hydrogen-bond donors (Lipinski definition) is 0. The summed E-state index contributed by atoms with van der Waals surface area (Å²) >= 11 is 0. The molecule has 4 heteroatoms. The third-order valence-electron chi connectivity index (χ3n) is 6.16. The van der Waals surface area contributed by atoms with E-state index in [0.717, 1.165) is 5.56 Å². The molecule has 0 saturated heterocycles. The van der Waals surface area contributed by atoms with E-state index in [2.05, 4.69) is 0 Å². The number of halogens is 3. The molecular formula is C28H21F3O. The molecule has 4 aromatic rings. The number of rotatable bonds is 3. The zero-order valence-corrected chi connectivity index (χ0v) is 17.5. The zero-order chi connectivity index (χ0) is 22.3. The predicted molar refractivity (Wildman–Crippen MR) is 120 cm³/mol. The van der Waals surface area contributed by atoms with E-state index < -0.39 is 17.3 Å². The topological polar surface area (TPSA) is 9.23 Å². The molecule has 0 spiro atoms. The highest BCUT2D eigenvalue weighted by molar-refractivity contribution is 5.88. The second kappa shape index (κ2) is 7.64. The van der Waals surface area contributed by atoms with Gasteiger partial charge in [0.25, 0.3) is 0 Å². The van der Waals surface area contributed by atoms with Gasteiger partial charge in [-0.15, -0.1) is 0 Å². The van der Waals surface area contributed by atoms with Gasteiger partial charge in [-0.05, 0) is 40.8 Å². The van der Waals surface area contributed by atoms with Gasteiger partial charge < -0.3 is 4.74 Å². The van der Waals surface area contributed by atoms with Crippen LogP contribution in [0.15, 0.2) is 97.1 Å². The Morgan fingerprint density at radius 1 is 0.750 bits per heavy atom. The molecule has 0 N–H and O–H groups in total. The molecule has 1 aliphatic rings. The van der Waals surface area contributed by atoms with Gasteiger partial charge in [0.2, 0.25) is 0 Å². The van der Waals surface area contributed by atoms with Crippen molar-refractivity contribution in [1.29, 1.82) is 0 Å². The molecule has 0 aliphatic carbocycles. The molecule has 0 amide bonds. The van der Waals surface area contributed by atoms with Crippen molar-refractivity contribution in [3.8, 4) is 22.3 Å². The minimum absolute atomic E-state index is 0.124. The minimum Gasteiger partial charge on any atom is -0.361 e. The lowest BCUT2D eigenvalue weighted by molar-refractivity contribution is -0.139. The molecule has 0 fully saturated rings. The molecule has 0 radical (unpaired) electrons. The van der Waals surface area contributed by atoms with E-state index in [1.807, 2.05) is 72.8 Å². The van der Waals surface area contributed by atoms with E-state index >= 15 is 0 Å². The SMILES string of the molecule is CC1(c2ccccc2)OCc2cc(-c3ccccc3)c(-c3ccccc3)c(C(F)(F)F)c21. The van der Waals surface area contributed by atoms with E-state index in [4.69, 9.17) is 4.74 Å². The number of alkyl halides is 3. The van der Waals surface area contributed by atoms with Crippen molar-refractivity contribution in [3.05, 3.63) is 119 Å². The van der Waals surface area contributed by atoms with Crippen LogP contribution in [0.5, 0.6) is 0 Å². The van der Waals surface area contributed by atoms with Crippen LogP contribution in [0.1, 0.15) is 29.2 Å². The lowest BCUT2D eigenvalue weighted by atomic mass is 9.78. The van der Waals surface area contributed by atoms with Crippen molar-refractivity contribution >= 4 is 0 Å². The van der Waals surface area contributed by atoms with Crippen LogP contribution in [0, 0.1) is 0 Å². The Morgan fingerprint density at radius 3 is 1.84 bits per heavy atom. The highest BCUT2D eigenvalue weighted by Gasteiger charge is 2.48. The van der Waals surface area contributed by atoms with Gasteiger partial charge in [0.05, 0.1) is 12.2 Å². The molecule has 1 unspecified atom stereocenters. The van der Waals surface area contributed by atoms with E-state index in [-0.39, 0.29) is 17.7 Å². The molecule has 1 aliphatic heterocycles. The fraction of sp³-hybridized carbons (Fsp3) is 0.143. The molecule has 0 aromatic heterocycles. The summed E-state index contributed by atoms with van der Waals surface area (Å²) in [5.41, 5.74) is 1.69. The van der Waals surface area contributed by atoms with Crippen molar-refractivity contribution in [2.75, 3.05) is 0 Å².